The van der Waals surface area contributed by atoms with Gasteiger partial charge >= 0.3 is 5.97 Å². The molecule has 6 nitrogen and oxygen atoms in total. The fourth-order valence-electron chi connectivity index (χ4n) is 2.23. The average Bonchev–Trinajstić information content (AvgIpc) is 2.54. The van der Waals surface area contributed by atoms with E-state index in [1.165, 1.54) is 14.2 Å². The number of carbonyl (C=O) groups is 2. The quantitative estimate of drug-likeness (QED) is 0.642. The third-order valence-electron chi connectivity index (χ3n) is 3.33. The number of fused-ring (bicyclic) bond motifs is 1. The first-order valence-electron chi connectivity index (χ1n) is 6.73. The number of carbonyl (C=O) groups excluding carboxylic acids is 2. The van der Waals surface area contributed by atoms with Crippen LogP contribution in [0.3, 0.4) is 0 Å². The van der Waals surface area contributed by atoms with Crippen LogP contribution < -0.4 is 11.1 Å². The highest BCUT2D eigenvalue weighted by molar-refractivity contribution is 6.10. The maximum Gasteiger partial charge on any atom is 0.330 e. The lowest BCUT2D eigenvalue weighted by Crippen LogP contribution is -2.44. The predicted molar refractivity (Wildman–Crippen MR) is 83.5 cm³/mol. The Morgan fingerprint density at radius 3 is 2.45 bits per heavy atom. The Morgan fingerprint density at radius 1 is 1.14 bits per heavy atom. The van der Waals surface area contributed by atoms with Gasteiger partial charge in [0.2, 0.25) is 0 Å². The van der Waals surface area contributed by atoms with Crippen LogP contribution in [-0.2, 0) is 14.3 Å². The van der Waals surface area contributed by atoms with Crippen LogP contribution in [-0.4, -0.2) is 38.7 Å². The largest absolute Gasteiger partial charge is 0.467 e. The van der Waals surface area contributed by atoms with Crippen LogP contribution in [0.1, 0.15) is 10.4 Å². The van der Waals surface area contributed by atoms with Crippen LogP contribution in [0.2, 0.25) is 0 Å². The van der Waals surface area contributed by atoms with E-state index in [4.69, 9.17) is 10.5 Å². The summed E-state index contributed by atoms with van der Waals surface area (Å²) in [4.78, 5) is 24.1. The normalized spacial score (nSPS) is 11.9. The van der Waals surface area contributed by atoms with Crippen molar-refractivity contribution in [1.82, 2.24) is 5.32 Å². The standard InChI is InChI=1S/C16H18N2O4/c1-21-9-14(16(20)22-2)18-15(19)12-7-8-13(17)11-6-4-3-5-10(11)12/h3-8,14H,9,17H2,1-2H3,(H,18,19)/t14-/m0/s1. The molecule has 1 amide bonds. The highest BCUT2D eigenvalue weighted by Gasteiger charge is 2.23. The Hall–Kier alpha value is -2.60. The van der Waals surface area contributed by atoms with E-state index in [0.29, 0.717) is 11.3 Å². The molecule has 116 valence electrons. The molecule has 0 fully saturated rings. The van der Waals surface area contributed by atoms with Gasteiger partial charge in [0.15, 0.2) is 6.04 Å². The number of nitrogens with two attached hydrogens (primary N) is 1. The summed E-state index contributed by atoms with van der Waals surface area (Å²) in [5.41, 5.74) is 6.95. The van der Waals surface area contributed by atoms with Crippen molar-refractivity contribution in [3.63, 3.8) is 0 Å². The van der Waals surface area contributed by atoms with Gasteiger partial charge in [0.25, 0.3) is 5.91 Å². The Kier molecular flexibility index (Phi) is 4.95. The minimum atomic E-state index is -0.862. The van der Waals surface area contributed by atoms with Gasteiger partial charge in [-0.15, -0.1) is 0 Å². The molecule has 0 spiro atoms. The molecule has 2 aromatic rings. The number of esters is 1. The average molecular weight is 302 g/mol. The van der Waals surface area contributed by atoms with Gasteiger partial charge < -0.3 is 20.5 Å². The first-order valence-corrected chi connectivity index (χ1v) is 6.73. The molecule has 0 saturated carbocycles. The van der Waals surface area contributed by atoms with Crippen molar-refractivity contribution in [2.75, 3.05) is 26.6 Å². The molecule has 2 aromatic carbocycles. The van der Waals surface area contributed by atoms with Crippen LogP contribution >= 0.6 is 0 Å². The number of hydrogen-bond acceptors (Lipinski definition) is 5. The van der Waals surface area contributed by atoms with Crippen LogP contribution in [0.4, 0.5) is 5.69 Å². The molecule has 0 radical (unpaired) electrons. The third-order valence-corrected chi connectivity index (χ3v) is 3.33. The molecule has 0 aliphatic heterocycles. The summed E-state index contributed by atoms with van der Waals surface area (Å²) >= 11 is 0. The summed E-state index contributed by atoms with van der Waals surface area (Å²) in [5.74, 6) is -0.946. The van der Waals surface area contributed by atoms with Crippen molar-refractivity contribution in [2.24, 2.45) is 0 Å². The number of nitrogen functional groups attached to an aromatic ring is 1. The number of benzene rings is 2. The van der Waals surface area contributed by atoms with E-state index < -0.39 is 12.0 Å². The molecule has 0 aliphatic carbocycles. The molecule has 6 heteroatoms. The van der Waals surface area contributed by atoms with E-state index in [1.807, 2.05) is 24.3 Å². The van der Waals surface area contributed by atoms with Gasteiger partial charge in [0.05, 0.1) is 13.7 Å². The molecule has 0 heterocycles. The number of anilines is 1. The molecule has 0 aromatic heterocycles. The van der Waals surface area contributed by atoms with Crippen LogP contribution in [0.15, 0.2) is 36.4 Å². The molecule has 0 bridgehead atoms. The van der Waals surface area contributed by atoms with E-state index in [-0.39, 0.29) is 12.5 Å². The third kappa shape index (κ3) is 3.17. The maximum atomic E-state index is 12.5. The topological polar surface area (TPSA) is 90.6 Å². The predicted octanol–water partition coefficient (Wildman–Crippen LogP) is 1.34. The van der Waals surface area contributed by atoms with Crippen molar-refractivity contribution in [1.29, 1.82) is 0 Å². The highest BCUT2D eigenvalue weighted by Crippen LogP contribution is 2.24. The van der Waals surface area contributed by atoms with Crippen molar-refractivity contribution in [2.45, 2.75) is 6.04 Å². The summed E-state index contributed by atoms with van der Waals surface area (Å²) in [6.07, 6.45) is 0. The van der Waals surface area contributed by atoms with E-state index in [2.05, 4.69) is 10.1 Å². The van der Waals surface area contributed by atoms with Crippen molar-refractivity contribution in [3.05, 3.63) is 42.0 Å². The van der Waals surface area contributed by atoms with Crippen LogP contribution in [0.5, 0.6) is 0 Å². The Labute approximate surface area is 128 Å². The van der Waals surface area contributed by atoms with Gasteiger partial charge in [-0.25, -0.2) is 4.79 Å². The Bertz CT molecular complexity index is 700. The van der Waals surface area contributed by atoms with Gasteiger partial charge in [-0.3, -0.25) is 4.79 Å². The summed E-state index contributed by atoms with van der Waals surface area (Å²) < 4.78 is 9.59. The maximum absolute atomic E-state index is 12.5. The van der Waals surface area contributed by atoms with Crippen LogP contribution in [0.25, 0.3) is 10.8 Å². The van der Waals surface area contributed by atoms with Crippen molar-refractivity contribution < 1.29 is 19.1 Å². The van der Waals surface area contributed by atoms with E-state index >= 15 is 0 Å². The SMILES string of the molecule is COC[C@H](NC(=O)c1ccc(N)c2ccccc12)C(=O)OC. The second kappa shape index (κ2) is 6.91. The van der Waals surface area contributed by atoms with Gasteiger partial charge in [-0.1, -0.05) is 24.3 Å². The first-order chi connectivity index (χ1) is 10.6. The van der Waals surface area contributed by atoms with E-state index in [1.54, 1.807) is 12.1 Å². The van der Waals surface area contributed by atoms with Gasteiger partial charge in [-0.05, 0) is 17.5 Å². The molecule has 22 heavy (non-hydrogen) atoms. The monoisotopic (exact) mass is 302 g/mol. The zero-order chi connectivity index (χ0) is 16.1. The summed E-state index contributed by atoms with van der Waals surface area (Å²) in [6, 6.07) is 9.76. The number of ether oxygens (including phenoxy) is 2. The number of hydrogen-bond donors (Lipinski definition) is 2. The lowest BCUT2D eigenvalue weighted by atomic mass is 10.0. The minimum Gasteiger partial charge on any atom is -0.467 e. The fraction of sp³-hybridized carbons (Fsp3) is 0.250. The van der Waals surface area contributed by atoms with Gasteiger partial charge in [0.1, 0.15) is 0 Å². The van der Waals surface area contributed by atoms with Crippen molar-refractivity contribution in [3.8, 4) is 0 Å². The summed E-state index contributed by atoms with van der Waals surface area (Å²) in [5, 5.41) is 4.13. The molecule has 0 aliphatic rings. The second-order valence-electron chi connectivity index (χ2n) is 4.75. The second-order valence-corrected chi connectivity index (χ2v) is 4.75. The summed E-state index contributed by atoms with van der Waals surface area (Å²) in [7, 11) is 2.70. The number of nitrogens with one attached hydrogen (secondary N) is 1. The number of amides is 1. The lowest BCUT2D eigenvalue weighted by molar-refractivity contribution is -0.144. The Morgan fingerprint density at radius 2 is 1.82 bits per heavy atom. The number of methoxy groups -OCH3 is 2. The molecule has 1 atom stereocenters. The van der Waals surface area contributed by atoms with Gasteiger partial charge in [0, 0.05) is 23.7 Å². The molecule has 3 N–H and O–H groups in total. The van der Waals surface area contributed by atoms with E-state index in [9.17, 15) is 9.59 Å². The first kappa shape index (κ1) is 15.8. The lowest BCUT2D eigenvalue weighted by Gasteiger charge is -2.16. The molecular formula is C16H18N2O4. The van der Waals surface area contributed by atoms with Crippen molar-refractivity contribution >= 4 is 28.3 Å². The Balaban J connectivity index is 2.33. The zero-order valence-corrected chi connectivity index (χ0v) is 12.5. The smallest absolute Gasteiger partial charge is 0.330 e. The molecule has 0 saturated heterocycles. The highest BCUT2D eigenvalue weighted by atomic mass is 16.5. The summed E-state index contributed by atoms with van der Waals surface area (Å²) in [6.45, 7) is 0.0331. The van der Waals surface area contributed by atoms with E-state index in [0.717, 1.165) is 10.8 Å². The molecular weight excluding hydrogens is 284 g/mol. The van der Waals surface area contributed by atoms with Gasteiger partial charge in [-0.2, -0.15) is 0 Å². The fourth-order valence-corrected chi connectivity index (χ4v) is 2.23. The van der Waals surface area contributed by atoms with Crippen LogP contribution in [0, 0.1) is 0 Å². The molecule has 2 rings (SSSR count). The minimum absolute atomic E-state index is 0.0331. The number of rotatable bonds is 5. The molecule has 0 unspecified atom stereocenters. The zero-order valence-electron chi connectivity index (χ0n) is 12.5.